The average molecular weight is 255 g/mol. The van der Waals surface area contributed by atoms with Gasteiger partial charge in [-0.05, 0) is 24.1 Å². The van der Waals surface area contributed by atoms with E-state index < -0.39 is 19.0 Å². The standard InChI is InChI=1S/C12H11F2NO3/c1-2-7-3-8(6-15)9(5-11(16)17)10(4-7)18-12(13)14/h3-4,12H,2,5H2,1H3,(H,16,17). The van der Waals surface area contributed by atoms with Crippen molar-refractivity contribution in [2.45, 2.75) is 26.4 Å². The van der Waals surface area contributed by atoms with Crippen LogP contribution < -0.4 is 4.74 Å². The molecule has 18 heavy (non-hydrogen) atoms. The van der Waals surface area contributed by atoms with Gasteiger partial charge in [-0.15, -0.1) is 0 Å². The van der Waals surface area contributed by atoms with Gasteiger partial charge in [-0.1, -0.05) is 6.92 Å². The SMILES string of the molecule is CCc1cc(C#N)c(CC(=O)O)c(OC(F)F)c1. The predicted octanol–water partition coefficient (Wildman–Crippen LogP) is 2.35. The van der Waals surface area contributed by atoms with Crippen molar-refractivity contribution < 1.29 is 23.4 Å². The van der Waals surface area contributed by atoms with Gasteiger partial charge in [-0.25, -0.2) is 0 Å². The molecule has 1 aromatic carbocycles. The van der Waals surface area contributed by atoms with Gasteiger partial charge in [0.25, 0.3) is 0 Å². The maximum absolute atomic E-state index is 12.3. The van der Waals surface area contributed by atoms with Gasteiger partial charge >= 0.3 is 12.6 Å². The minimum absolute atomic E-state index is 0.0255. The zero-order valence-corrected chi connectivity index (χ0v) is 9.61. The van der Waals surface area contributed by atoms with Crippen LogP contribution in [0.2, 0.25) is 0 Å². The Morgan fingerprint density at radius 2 is 2.22 bits per heavy atom. The van der Waals surface area contributed by atoms with E-state index in [-0.39, 0.29) is 16.9 Å². The highest BCUT2D eigenvalue weighted by atomic mass is 19.3. The van der Waals surface area contributed by atoms with Crippen molar-refractivity contribution >= 4 is 5.97 Å². The molecule has 0 saturated carbocycles. The quantitative estimate of drug-likeness (QED) is 0.876. The highest BCUT2D eigenvalue weighted by Gasteiger charge is 2.17. The Balaban J connectivity index is 3.32. The number of alkyl halides is 2. The molecule has 0 bridgehead atoms. The normalized spacial score (nSPS) is 10.2. The van der Waals surface area contributed by atoms with Crippen LogP contribution in [0, 0.1) is 11.3 Å². The third kappa shape index (κ3) is 3.42. The van der Waals surface area contributed by atoms with Crippen LogP contribution in [0.15, 0.2) is 12.1 Å². The van der Waals surface area contributed by atoms with Gasteiger partial charge in [0.05, 0.1) is 18.1 Å². The van der Waals surface area contributed by atoms with E-state index in [0.717, 1.165) is 0 Å². The number of nitrogens with zero attached hydrogens (tertiary/aromatic N) is 1. The second-order valence-electron chi connectivity index (χ2n) is 3.53. The summed E-state index contributed by atoms with van der Waals surface area (Å²) in [5.41, 5.74) is 0.659. The summed E-state index contributed by atoms with van der Waals surface area (Å²) >= 11 is 0. The molecule has 0 atom stereocenters. The van der Waals surface area contributed by atoms with Crippen LogP contribution in [-0.4, -0.2) is 17.7 Å². The van der Waals surface area contributed by atoms with Crippen molar-refractivity contribution in [1.82, 2.24) is 0 Å². The minimum Gasteiger partial charge on any atom is -0.481 e. The number of benzene rings is 1. The first kappa shape index (κ1) is 13.9. The smallest absolute Gasteiger partial charge is 0.387 e. The number of carbonyl (C=O) groups is 1. The van der Waals surface area contributed by atoms with E-state index in [4.69, 9.17) is 10.4 Å². The Bertz CT molecular complexity index is 495. The maximum atomic E-state index is 12.3. The zero-order valence-electron chi connectivity index (χ0n) is 9.61. The Hall–Kier alpha value is -2.16. The summed E-state index contributed by atoms with van der Waals surface area (Å²) in [5.74, 6) is -1.46. The largest absolute Gasteiger partial charge is 0.481 e. The second kappa shape index (κ2) is 5.96. The molecule has 0 aliphatic rings. The summed E-state index contributed by atoms with van der Waals surface area (Å²) in [6.07, 6.45) is -0.00340. The van der Waals surface area contributed by atoms with Crippen LogP contribution in [0.4, 0.5) is 8.78 Å². The molecule has 0 aliphatic carbocycles. The molecule has 0 spiro atoms. The lowest BCUT2D eigenvalue weighted by Crippen LogP contribution is -2.10. The highest BCUT2D eigenvalue weighted by Crippen LogP contribution is 2.27. The summed E-state index contributed by atoms with van der Waals surface area (Å²) in [7, 11) is 0. The first-order valence-corrected chi connectivity index (χ1v) is 5.20. The lowest BCUT2D eigenvalue weighted by atomic mass is 9.99. The number of aryl methyl sites for hydroxylation is 1. The summed E-state index contributed by atoms with van der Waals surface area (Å²) in [4.78, 5) is 10.7. The minimum atomic E-state index is -3.06. The molecule has 0 aromatic heterocycles. The fraction of sp³-hybridized carbons (Fsp3) is 0.333. The summed E-state index contributed by atoms with van der Waals surface area (Å²) in [6, 6.07) is 4.62. The Kier molecular flexibility index (Phi) is 4.60. The van der Waals surface area contributed by atoms with Crippen LogP contribution in [0.5, 0.6) is 5.75 Å². The van der Waals surface area contributed by atoms with Gasteiger partial charge in [0.2, 0.25) is 0 Å². The van der Waals surface area contributed by atoms with E-state index in [1.807, 2.05) is 0 Å². The van der Waals surface area contributed by atoms with E-state index in [1.165, 1.54) is 12.1 Å². The lowest BCUT2D eigenvalue weighted by Gasteiger charge is -2.12. The first-order chi connectivity index (χ1) is 8.47. The van der Waals surface area contributed by atoms with Crippen LogP contribution in [-0.2, 0) is 17.6 Å². The van der Waals surface area contributed by atoms with E-state index in [2.05, 4.69) is 4.74 Å². The molecule has 1 N–H and O–H groups in total. The monoisotopic (exact) mass is 255 g/mol. The number of halogens is 2. The number of hydrogen-bond donors (Lipinski definition) is 1. The molecule has 1 aromatic rings. The molecule has 0 unspecified atom stereocenters. The number of hydrogen-bond acceptors (Lipinski definition) is 3. The van der Waals surface area contributed by atoms with Crippen LogP contribution in [0.25, 0.3) is 0 Å². The zero-order chi connectivity index (χ0) is 13.7. The van der Waals surface area contributed by atoms with Crippen molar-refractivity contribution in [2.24, 2.45) is 0 Å². The molecular formula is C12H11F2NO3. The molecule has 4 nitrogen and oxygen atoms in total. The molecule has 0 aliphatic heterocycles. The summed E-state index contributed by atoms with van der Waals surface area (Å²) in [5, 5.41) is 17.6. The van der Waals surface area contributed by atoms with Crippen molar-refractivity contribution in [2.75, 3.05) is 0 Å². The molecule has 96 valence electrons. The third-order valence-corrected chi connectivity index (χ3v) is 2.34. The van der Waals surface area contributed by atoms with Crippen molar-refractivity contribution in [3.05, 3.63) is 28.8 Å². The number of aliphatic carboxylic acids is 1. The maximum Gasteiger partial charge on any atom is 0.387 e. The van der Waals surface area contributed by atoms with E-state index in [0.29, 0.717) is 12.0 Å². The molecule has 1 rings (SSSR count). The lowest BCUT2D eigenvalue weighted by molar-refractivity contribution is -0.136. The first-order valence-electron chi connectivity index (χ1n) is 5.20. The van der Waals surface area contributed by atoms with Gasteiger partial charge in [0, 0.05) is 5.56 Å². The molecule has 0 saturated heterocycles. The number of carboxylic acids is 1. The van der Waals surface area contributed by atoms with Crippen molar-refractivity contribution in [3.63, 3.8) is 0 Å². The third-order valence-electron chi connectivity index (χ3n) is 2.34. The van der Waals surface area contributed by atoms with Crippen LogP contribution >= 0.6 is 0 Å². The molecule has 0 heterocycles. The molecule has 0 fully saturated rings. The van der Waals surface area contributed by atoms with Gasteiger partial charge < -0.3 is 9.84 Å². The molecule has 0 amide bonds. The Labute approximate surface area is 102 Å². The van der Waals surface area contributed by atoms with Crippen LogP contribution in [0.3, 0.4) is 0 Å². The summed E-state index contributed by atoms with van der Waals surface area (Å²) in [6.45, 7) is -1.27. The Morgan fingerprint density at radius 1 is 1.56 bits per heavy atom. The van der Waals surface area contributed by atoms with E-state index >= 15 is 0 Å². The van der Waals surface area contributed by atoms with Crippen molar-refractivity contribution in [1.29, 1.82) is 5.26 Å². The molecule has 6 heteroatoms. The van der Waals surface area contributed by atoms with Gasteiger partial charge in [0.1, 0.15) is 5.75 Å². The van der Waals surface area contributed by atoms with Crippen LogP contribution in [0.1, 0.15) is 23.6 Å². The summed E-state index contributed by atoms with van der Waals surface area (Å²) < 4.78 is 28.8. The number of rotatable bonds is 5. The fourth-order valence-electron chi connectivity index (χ4n) is 1.54. The second-order valence-corrected chi connectivity index (χ2v) is 3.53. The predicted molar refractivity (Wildman–Crippen MR) is 58.5 cm³/mol. The van der Waals surface area contributed by atoms with Gasteiger partial charge in [-0.3, -0.25) is 4.79 Å². The fourth-order valence-corrected chi connectivity index (χ4v) is 1.54. The molecule has 0 radical (unpaired) electrons. The van der Waals surface area contributed by atoms with E-state index in [1.54, 1.807) is 13.0 Å². The van der Waals surface area contributed by atoms with Gasteiger partial charge in [-0.2, -0.15) is 14.0 Å². The number of ether oxygens (including phenoxy) is 1. The Morgan fingerprint density at radius 3 is 2.67 bits per heavy atom. The van der Waals surface area contributed by atoms with E-state index in [9.17, 15) is 13.6 Å². The molecular weight excluding hydrogens is 244 g/mol. The topological polar surface area (TPSA) is 70.3 Å². The number of nitriles is 1. The van der Waals surface area contributed by atoms with Gasteiger partial charge in [0.15, 0.2) is 0 Å². The average Bonchev–Trinajstić information content (AvgIpc) is 2.29. The van der Waals surface area contributed by atoms with Crippen molar-refractivity contribution in [3.8, 4) is 11.8 Å². The highest BCUT2D eigenvalue weighted by molar-refractivity contribution is 5.73. The number of carboxylic acid groups (broad SMARTS) is 1.